The van der Waals surface area contributed by atoms with E-state index < -0.39 is 4.92 Å². The summed E-state index contributed by atoms with van der Waals surface area (Å²) in [5.41, 5.74) is 2.09. The van der Waals surface area contributed by atoms with Crippen molar-refractivity contribution in [2.24, 2.45) is 4.99 Å². The van der Waals surface area contributed by atoms with Crippen LogP contribution in [0.1, 0.15) is 11.1 Å². The van der Waals surface area contributed by atoms with Crippen LogP contribution < -0.4 is 5.32 Å². The fourth-order valence-corrected chi connectivity index (χ4v) is 3.21. The highest BCUT2D eigenvalue weighted by Crippen LogP contribution is 2.31. The summed E-state index contributed by atoms with van der Waals surface area (Å²) in [7, 11) is 0. The minimum absolute atomic E-state index is 0.0532. The summed E-state index contributed by atoms with van der Waals surface area (Å²) < 4.78 is 0. The number of hydrogen-bond donors (Lipinski definition) is 1. The van der Waals surface area contributed by atoms with Gasteiger partial charge in [-0.3, -0.25) is 14.9 Å². The zero-order chi connectivity index (χ0) is 18.0. The molecule has 6 nitrogen and oxygen atoms in total. The average Bonchev–Trinajstić information content (AvgIpc) is 2.90. The van der Waals surface area contributed by atoms with Crippen LogP contribution in [-0.4, -0.2) is 16.0 Å². The normalized spacial score (nSPS) is 17.1. The van der Waals surface area contributed by atoms with Gasteiger partial charge in [0.1, 0.15) is 5.02 Å². The van der Waals surface area contributed by atoms with E-state index in [1.165, 1.54) is 23.9 Å². The van der Waals surface area contributed by atoms with Gasteiger partial charge in [0.25, 0.3) is 11.6 Å². The second-order valence-corrected chi connectivity index (χ2v) is 6.67. The van der Waals surface area contributed by atoms with Crippen LogP contribution in [-0.2, 0) is 4.79 Å². The number of carbonyl (C=O) groups excluding carboxylic acids is 1. The molecule has 1 saturated heterocycles. The molecule has 0 aliphatic carbocycles. The number of hydrogen-bond acceptors (Lipinski definition) is 5. The monoisotopic (exact) mass is 373 g/mol. The van der Waals surface area contributed by atoms with Crippen molar-refractivity contribution in [2.75, 3.05) is 0 Å². The molecular formula is C17H12ClN3O3S. The molecule has 2 aromatic rings. The molecule has 1 N–H and O–H groups in total. The van der Waals surface area contributed by atoms with Gasteiger partial charge in [-0.25, -0.2) is 4.99 Å². The molecule has 3 rings (SSSR count). The average molecular weight is 374 g/mol. The van der Waals surface area contributed by atoms with Crippen molar-refractivity contribution in [2.45, 2.75) is 6.92 Å². The molecule has 126 valence electrons. The largest absolute Gasteiger partial charge is 0.300 e. The topological polar surface area (TPSA) is 84.6 Å². The zero-order valence-corrected chi connectivity index (χ0v) is 14.6. The first-order valence-electron chi connectivity index (χ1n) is 7.23. The Labute approximate surface area is 152 Å². The SMILES string of the molecule is Cc1ccccc1N=C1NC(=O)/C(=C/c2ccc(Cl)c([N+](=O)[O-])c2)S1. The Morgan fingerprint density at radius 1 is 1.28 bits per heavy atom. The van der Waals surface area contributed by atoms with E-state index in [4.69, 9.17) is 11.6 Å². The van der Waals surface area contributed by atoms with E-state index in [1.54, 1.807) is 12.1 Å². The maximum absolute atomic E-state index is 12.1. The molecule has 1 fully saturated rings. The quantitative estimate of drug-likeness (QED) is 0.489. The van der Waals surface area contributed by atoms with E-state index in [9.17, 15) is 14.9 Å². The summed E-state index contributed by atoms with van der Waals surface area (Å²) in [6.07, 6.45) is 1.57. The first-order valence-corrected chi connectivity index (χ1v) is 8.42. The van der Waals surface area contributed by atoms with Crippen molar-refractivity contribution in [3.05, 3.63) is 73.6 Å². The number of benzene rings is 2. The molecule has 0 spiro atoms. The number of aryl methyl sites for hydroxylation is 1. The summed E-state index contributed by atoms with van der Waals surface area (Å²) in [5.74, 6) is -0.296. The lowest BCUT2D eigenvalue weighted by Crippen LogP contribution is -2.19. The summed E-state index contributed by atoms with van der Waals surface area (Å²) >= 11 is 6.98. The molecular weight excluding hydrogens is 362 g/mol. The zero-order valence-electron chi connectivity index (χ0n) is 13.0. The van der Waals surface area contributed by atoms with E-state index in [0.717, 1.165) is 11.3 Å². The fraction of sp³-hybridized carbons (Fsp3) is 0.0588. The standard InChI is InChI=1S/C17H12ClN3O3S/c1-10-4-2-3-5-13(10)19-17-20-16(22)15(25-17)9-11-6-7-12(18)14(8-11)21(23)24/h2-9H,1H3,(H,19,20,22)/b15-9-. The van der Waals surface area contributed by atoms with Crippen LogP contribution in [0.2, 0.25) is 5.02 Å². The number of nitrogens with one attached hydrogen (secondary N) is 1. The molecule has 1 aliphatic heterocycles. The van der Waals surface area contributed by atoms with Crippen LogP contribution in [0.5, 0.6) is 0 Å². The van der Waals surface area contributed by atoms with Crippen LogP contribution in [0, 0.1) is 17.0 Å². The smallest absolute Gasteiger partial charge is 0.288 e. The van der Waals surface area contributed by atoms with Gasteiger partial charge in [-0.2, -0.15) is 0 Å². The number of amides is 1. The molecule has 0 radical (unpaired) electrons. The Kier molecular flexibility index (Phi) is 4.87. The van der Waals surface area contributed by atoms with Gasteiger partial charge >= 0.3 is 0 Å². The van der Waals surface area contributed by atoms with Crippen molar-refractivity contribution in [1.82, 2.24) is 5.32 Å². The molecule has 0 saturated carbocycles. The number of thioether (sulfide) groups is 1. The highest BCUT2D eigenvalue weighted by atomic mass is 35.5. The second-order valence-electron chi connectivity index (χ2n) is 5.24. The minimum atomic E-state index is -0.558. The molecule has 1 amide bonds. The highest BCUT2D eigenvalue weighted by molar-refractivity contribution is 8.18. The Morgan fingerprint density at radius 2 is 2.04 bits per heavy atom. The van der Waals surface area contributed by atoms with Gasteiger partial charge in [-0.1, -0.05) is 35.9 Å². The van der Waals surface area contributed by atoms with Gasteiger partial charge in [0.15, 0.2) is 5.17 Å². The maximum Gasteiger partial charge on any atom is 0.288 e. The third kappa shape index (κ3) is 3.89. The predicted molar refractivity (Wildman–Crippen MR) is 100 cm³/mol. The molecule has 0 unspecified atom stereocenters. The lowest BCUT2D eigenvalue weighted by molar-refractivity contribution is -0.384. The van der Waals surface area contributed by atoms with E-state index in [0.29, 0.717) is 15.6 Å². The number of rotatable bonds is 3. The number of nitrogens with zero attached hydrogens (tertiary/aromatic N) is 2. The van der Waals surface area contributed by atoms with Crippen LogP contribution in [0.4, 0.5) is 11.4 Å². The number of nitro benzene ring substituents is 1. The van der Waals surface area contributed by atoms with E-state index in [-0.39, 0.29) is 16.6 Å². The summed E-state index contributed by atoms with van der Waals surface area (Å²) in [5, 5.41) is 14.2. The third-order valence-electron chi connectivity index (χ3n) is 3.45. The third-order valence-corrected chi connectivity index (χ3v) is 4.68. The molecule has 2 aromatic carbocycles. The van der Waals surface area contributed by atoms with Gasteiger partial charge in [0.05, 0.1) is 15.5 Å². The van der Waals surface area contributed by atoms with Crippen molar-refractivity contribution in [3.63, 3.8) is 0 Å². The summed E-state index contributed by atoms with van der Waals surface area (Å²) in [6.45, 7) is 1.93. The van der Waals surface area contributed by atoms with Crippen LogP contribution in [0.25, 0.3) is 6.08 Å². The number of aliphatic imine (C=N–C) groups is 1. The number of carbonyl (C=O) groups is 1. The van der Waals surface area contributed by atoms with Crippen LogP contribution in [0.3, 0.4) is 0 Å². The number of para-hydroxylation sites is 1. The number of nitro groups is 1. The van der Waals surface area contributed by atoms with Crippen molar-refractivity contribution < 1.29 is 9.72 Å². The molecule has 1 heterocycles. The lowest BCUT2D eigenvalue weighted by atomic mass is 10.2. The second kappa shape index (κ2) is 7.08. The molecule has 0 bridgehead atoms. The number of amidine groups is 1. The van der Waals surface area contributed by atoms with Crippen molar-refractivity contribution >= 4 is 51.9 Å². The van der Waals surface area contributed by atoms with Crippen molar-refractivity contribution in [3.8, 4) is 0 Å². The Bertz CT molecular complexity index is 940. The fourth-order valence-electron chi connectivity index (χ4n) is 2.19. The van der Waals surface area contributed by atoms with E-state index in [1.807, 2.05) is 31.2 Å². The van der Waals surface area contributed by atoms with Gasteiger partial charge in [-0.05, 0) is 48.0 Å². The predicted octanol–water partition coefficient (Wildman–Crippen LogP) is 4.45. The van der Waals surface area contributed by atoms with E-state index in [2.05, 4.69) is 10.3 Å². The first-order chi connectivity index (χ1) is 11.9. The molecule has 0 aromatic heterocycles. The van der Waals surface area contributed by atoms with Crippen LogP contribution in [0.15, 0.2) is 52.4 Å². The number of halogens is 1. The molecule has 1 aliphatic rings. The Balaban J connectivity index is 1.88. The van der Waals surface area contributed by atoms with E-state index >= 15 is 0 Å². The maximum atomic E-state index is 12.1. The van der Waals surface area contributed by atoms with Crippen LogP contribution >= 0.6 is 23.4 Å². The Morgan fingerprint density at radius 3 is 2.76 bits per heavy atom. The van der Waals surface area contributed by atoms with Gasteiger partial charge in [0.2, 0.25) is 0 Å². The van der Waals surface area contributed by atoms with Gasteiger partial charge in [-0.15, -0.1) is 0 Å². The molecule has 0 atom stereocenters. The van der Waals surface area contributed by atoms with Gasteiger partial charge < -0.3 is 5.32 Å². The lowest BCUT2D eigenvalue weighted by Gasteiger charge is -1.99. The molecule has 8 heteroatoms. The Hall–Kier alpha value is -2.64. The molecule has 25 heavy (non-hydrogen) atoms. The first kappa shape index (κ1) is 17.2. The summed E-state index contributed by atoms with van der Waals surface area (Å²) in [4.78, 5) is 27.4. The summed E-state index contributed by atoms with van der Waals surface area (Å²) in [6, 6.07) is 12.0. The van der Waals surface area contributed by atoms with Gasteiger partial charge in [0, 0.05) is 6.07 Å². The van der Waals surface area contributed by atoms with Crippen molar-refractivity contribution in [1.29, 1.82) is 0 Å². The minimum Gasteiger partial charge on any atom is -0.300 e. The highest BCUT2D eigenvalue weighted by Gasteiger charge is 2.24.